The van der Waals surface area contributed by atoms with Gasteiger partial charge in [-0.05, 0) is 42.7 Å². The molecule has 0 radical (unpaired) electrons. The van der Waals surface area contributed by atoms with E-state index in [0.717, 1.165) is 17.8 Å². The van der Waals surface area contributed by atoms with Gasteiger partial charge in [-0.25, -0.2) is 4.79 Å². The van der Waals surface area contributed by atoms with Gasteiger partial charge in [0.1, 0.15) is 6.54 Å². The highest BCUT2D eigenvalue weighted by atomic mass is 19.4. The van der Waals surface area contributed by atoms with E-state index < -0.39 is 17.8 Å². The molecule has 0 atom stereocenters. The minimum Gasteiger partial charge on any atom is -0.353 e. The van der Waals surface area contributed by atoms with Crippen LogP contribution in [0.5, 0.6) is 0 Å². The van der Waals surface area contributed by atoms with Crippen LogP contribution >= 0.6 is 0 Å². The van der Waals surface area contributed by atoms with Crippen molar-refractivity contribution in [3.63, 3.8) is 0 Å². The average molecular weight is 453 g/mol. The zero-order valence-electron chi connectivity index (χ0n) is 18.9. The lowest BCUT2D eigenvalue weighted by molar-refractivity contribution is -0.137. The lowest BCUT2D eigenvalue weighted by Gasteiger charge is -2.29. The van der Waals surface area contributed by atoms with Crippen molar-refractivity contribution in [1.29, 1.82) is 0 Å². The molecule has 0 bridgehead atoms. The number of urea groups is 1. The summed E-state index contributed by atoms with van der Waals surface area (Å²) in [6.07, 6.45) is -2.00. The predicted molar refractivity (Wildman–Crippen MR) is 118 cm³/mol. The second kappa shape index (κ2) is 11.1. The molecule has 0 aliphatic heterocycles. The summed E-state index contributed by atoms with van der Waals surface area (Å²) in [6, 6.07) is 7.67. The zero-order chi connectivity index (χ0) is 23.9. The van der Waals surface area contributed by atoms with E-state index in [0.29, 0.717) is 26.1 Å². The topological polar surface area (TPSA) is 57.6 Å². The van der Waals surface area contributed by atoms with Crippen LogP contribution in [-0.2, 0) is 24.6 Å². The number of nitrogens with zero attached hydrogens (tertiary/aromatic N) is 3. The van der Waals surface area contributed by atoms with Crippen molar-refractivity contribution >= 4 is 17.6 Å². The number of aromatic nitrogens is 1. The molecule has 1 aromatic heterocycles. The minimum atomic E-state index is -4.51. The SMILES string of the molecule is CCCN(CC(=O)N(Cc1cccn1C)CC(C)C)C(=O)Nc1cccc(C(F)(F)F)c1. The summed E-state index contributed by atoms with van der Waals surface area (Å²) in [5.74, 6) is 0.0188. The number of rotatable bonds is 9. The fourth-order valence-electron chi connectivity index (χ4n) is 3.31. The molecule has 0 saturated heterocycles. The molecule has 9 heteroatoms. The van der Waals surface area contributed by atoms with Gasteiger partial charge in [0.05, 0.1) is 12.1 Å². The molecular formula is C23H31F3N4O2. The van der Waals surface area contributed by atoms with Gasteiger partial charge in [-0.2, -0.15) is 13.2 Å². The number of nitrogens with one attached hydrogen (secondary N) is 1. The number of hydrogen-bond donors (Lipinski definition) is 1. The number of halogens is 3. The van der Waals surface area contributed by atoms with E-state index in [4.69, 9.17) is 0 Å². The maximum atomic E-state index is 13.1. The summed E-state index contributed by atoms with van der Waals surface area (Å²) in [5.41, 5.74) is 0.148. The predicted octanol–water partition coefficient (Wildman–Crippen LogP) is 4.97. The first-order valence-corrected chi connectivity index (χ1v) is 10.6. The summed E-state index contributed by atoms with van der Waals surface area (Å²) in [5, 5.41) is 2.49. The Balaban J connectivity index is 2.13. The molecule has 6 nitrogen and oxygen atoms in total. The van der Waals surface area contributed by atoms with Gasteiger partial charge in [-0.3, -0.25) is 4.79 Å². The Morgan fingerprint density at radius 1 is 1.12 bits per heavy atom. The van der Waals surface area contributed by atoms with E-state index >= 15 is 0 Å². The van der Waals surface area contributed by atoms with Crippen LogP contribution in [0.4, 0.5) is 23.7 Å². The van der Waals surface area contributed by atoms with Gasteiger partial charge in [-0.1, -0.05) is 26.8 Å². The summed E-state index contributed by atoms with van der Waals surface area (Å²) in [7, 11) is 1.90. The largest absolute Gasteiger partial charge is 0.416 e. The van der Waals surface area contributed by atoms with E-state index in [1.54, 1.807) is 4.90 Å². The van der Waals surface area contributed by atoms with Crippen molar-refractivity contribution in [3.8, 4) is 0 Å². The van der Waals surface area contributed by atoms with Crippen molar-refractivity contribution in [2.75, 3.05) is 25.0 Å². The van der Waals surface area contributed by atoms with E-state index in [1.165, 1.54) is 17.0 Å². The molecule has 3 amide bonds. The number of hydrogen-bond acceptors (Lipinski definition) is 2. The van der Waals surface area contributed by atoms with Crippen LogP contribution in [0.15, 0.2) is 42.6 Å². The quantitative estimate of drug-likeness (QED) is 0.584. The Kier molecular flexibility index (Phi) is 8.74. The third-order valence-corrected chi connectivity index (χ3v) is 4.89. The number of carbonyl (C=O) groups excluding carboxylic acids is 2. The van der Waals surface area contributed by atoms with Gasteiger partial charge in [-0.15, -0.1) is 0 Å². The molecule has 0 aliphatic rings. The lowest BCUT2D eigenvalue weighted by Crippen LogP contribution is -2.45. The average Bonchev–Trinajstić information content (AvgIpc) is 3.10. The third-order valence-electron chi connectivity index (χ3n) is 4.89. The first-order valence-electron chi connectivity index (χ1n) is 10.6. The molecule has 2 aromatic rings. The van der Waals surface area contributed by atoms with E-state index in [2.05, 4.69) is 5.32 Å². The molecule has 0 spiro atoms. The van der Waals surface area contributed by atoms with Crippen LogP contribution in [0.3, 0.4) is 0 Å². The minimum absolute atomic E-state index is 0.0289. The first-order chi connectivity index (χ1) is 15.0. The van der Waals surface area contributed by atoms with Gasteiger partial charge in [0.2, 0.25) is 5.91 Å². The lowest BCUT2D eigenvalue weighted by atomic mass is 10.2. The van der Waals surface area contributed by atoms with Crippen LogP contribution in [0.25, 0.3) is 0 Å². The number of aryl methyl sites for hydroxylation is 1. The Morgan fingerprint density at radius 2 is 1.84 bits per heavy atom. The van der Waals surface area contributed by atoms with Crippen LogP contribution in [0.1, 0.15) is 38.4 Å². The maximum Gasteiger partial charge on any atom is 0.416 e. The normalized spacial score (nSPS) is 11.5. The van der Waals surface area contributed by atoms with Crippen molar-refractivity contribution < 1.29 is 22.8 Å². The maximum absolute atomic E-state index is 13.1. The fraction of sp³-hybridized carbons (Fsp3) is 0.478. The Labute approximate surface area is 187 Å². The molecule has 1 aromatic carbocycles. The summed E-state index contributed by atoms with van der Waals surface area (Å²) in [4.78, 5) is 28.9. The fourth-order valence-corrected chi connectivity index (χ4v) is 3.31. The van der Waals surface area contributed by atoms with Crippen molar-refractivity contribution in [3.05, 3.63) is 53.9 Å². The smallest absolute Gasteiger partial charge is 0.353 e. The molecule has 32 heavy (non-hydrogen) atoms. The molecule has 0 aliphatic carbocycles. The van der Waals surface area contributed by atoms with Crippen molar-refractivity contribution in [2.24, 2.45) is 13.0 Å². The first kappa shape index (κ1) is 25.3. The number of benzene rings is 1. The highest BCUT2D eigenvalue weighted by Crippen LogP contribution is 2.30. The van der Waals surface area contributed by atoms with Crippen LogP contribution in [-0.4, -0.2) is 45.9 Å². The second-order valence-electron chi connectivity index (χ2n) is 8.21. The van der Waals surface area contributed by atoms with Gasteiger partial charge < -0.3 is 19.7 Å². The second-order valence-corrected chi connectivity index (χ2v) is 8.21. The molecule has 0 unspecified atom stereocenters. The highest BCUT2D eigenvalue weighted by Gasteiger charge is 2.30. The van der Waals surface area contributed by atoms with E-state index in [9.17, 15) is 22.8 Å². The van der Waals surface area contributed by atoms with Gasteiger partial charge in [0.15, 0.2) is 0 Å². The van der Waals surface area contributed by atoms with Gasteiger partial charge >= 0.3 is 12.2 Å². The van der Waals surface area contributed by atoms with E-state index in [1.807, 2.05) is 50.7 Å². The molecule has 0 fully saturated rings. The van der Waals surface area contributed by atoms with Crippen molar-refractivity contribution in [1.82, 2.24) is 14.4 Å². The Bertz CT molecular complexity index is 909. The highest BCUT2D eigenvalue weighted by molar-refractivity contribution is 5.92. The number of anilines is 1. The van der Waals surface area contributed by atoms with Gasteiger partial charge in [0, 0.05) is 37.7 Å². The van der Waals surface area contributed by atoms with Gasteiger partial charge in [0.25, 0.3) is 0 Å². The van der Waals surface area contributed by atoms with E-state index in [-0.39, 0.29) is 24.1 Å². The van der Waals surface area contributed by atoms with Crippen molar-refractivity contribution in [2.45, 2.75) is 39.9 Å². The number of amides is 3. The summed E-state index contributed by atoms with van der Waals surface area (Å²) < 4.78 is 40.8. The van der Waals surface area contributed by atoms with Crippen LogP contribution in [0, 0.1) is 5.92 Å². The van der Waals surface area contributed by atoms with Crippen LogP contribution in [0.2, 0.25) is 0 Å². The summed E-state index contributed by atoms with van der Waals surface area (Å²) in [6.45, 7) is 6.97. The van der Waals surface area contributed by atoms with Crippen LogP contribution < -0.4 is 5.32 Å². The third kappa shape index (κ3) is 7.32. The zero-order valence-corrected chi connectivity index (χ0v) is 18.9. The Hall–Kier alpha value is -2.97. The Morgan fingerprint density at radius 3 is 2.41 bits per heavy atom. The molecule has 0 saturated carbocycles. The number of carbonyl (C=O) groups is 2. The molecule has 1 heterocycles. The summed E-state index contributed by atoms with van der Waals surface area (Å²) >= 11 is 0. The molecule has 2 rings (SSSR count). The number of alkyl halides is 3. The standard InChI is InChI=1S/C23H31F3N4O2/c1-5-11-29(22(32)27-19-9-6-8-18(13-19)23(24,25)26)16-21(31)30(14-17(2)3)15-20-10-7-12-28(20)4/h6-10,12-13,17H,5,11,14-16H2,1-4H3,(H,27,32). The molecule has 1 N–H and O–H groups in total. The monoisotopic (exact) mass is 452 g/mol. The molecular weight excluding hydrogens is 421 g/mol. The molecule has 176 valence electrons.